The van der Waals surface area contributed by atoms with Crippen molar-refractivity contribution in [3.8, 4) is 11.5 Å². The van der Waals surface area contributed by atoms with Gasteiger partial charge in [-0.3, -0.25) is 4.79 Å². The second-order valence-electron chi connectivity index (χ2n) is 8.86. The molecule has 0 saturated heterocycles. The molecule has 34 heavy (non-hydrogen) atoms. The Kier molecular flexibility index (Phi) is 12.9. The third kappa shape index (κ3) is 8.11. The molecule has 0 bridgehead atoms. The second-order valence-corrected chi connectivity index (χ2v) is 10.6. The summed E-state index contributed by atoms with van der Waals surface area (Å²) >= 11 is 0. The summed E-state index contributed by atoms with van der Waals surface area (Å²) in [5.41, 5.74) is 3.87. The predicted octanol–water partition coefficient (Wildman–Crippen LogP) is 5.93. The minimum absolute atomic E-state index is 0. The molecule has 7 heteroatoms. The van der Waals surface area contributed by atoms with Crippen LogP contribution in [0, 0.1) is 13.8 Å². The van der Waals surface area contributed by atoms with Crippen molar-refractivity contribution in [2.45, 2.75) is 60.8 Å². The molecule has 0 amide bonds. The molecule has 0 spiro atoms. The van der Waals surface area contributed by atoms with Gasteiger partial charge >= 0.3 is 0 Å². The molecule has 0 fully saturated rings. The Balaban J connectivity index is 0.00000578. The van der Waals surface area contributed by atoms with Crippen LogP contribution >= 0.6 is 8.15 Å². The Morgan fingerprint density at radius 3 is 2.03 bits per heavy atom. The van der Waals surface area contributed by atoms with E-state index in [0.717, 1.165) is 22.0 Å². The molecule has 1 unspecified atom stereocenters. The SMILES string of the molecule is CCOCCOP(C(=O)c1c(C)cc(C(C)(C)C)cc1C)c1ccc(OCC)cc1OCC.[Li]. The number of aryl methyl sites for hydroxylation is 2. The van der Waals surface area contributed by atoms with Crippen molar-refractivity contribution in [3.05, 3.63) is 52.6 Å². The van der Waals surface area contributed by atoms with E-state index in [1.165, 1.54) is 5.56 Å². The first kappa shape index (κ1) is 30.7. The molecule has 0 saturated carbocycles. The fraction of sp³-hybridized carbons (Fsp3) is 0.519. The van der Waals surface area contributed by atoms with E-state index in [4.69, 9.17) is 18.7 Å². The summed E-state index contributed by atoms with van der Waals surface area (Å²) in [6.07, 6.45) is 0. The Labute approximate surface area is 218 Å². The molecule has 183 valence electrons. The molecular weight excluding hydrogens is 442 g/mol. The molecule has 5 nitrogen and oxygen atoms in total. The van der Waals surface area contributed by atoms with Crippen LogP contribution in [0.25, 0.3) is 0 Å². The molecule has 2 rings (SSSR count). The Morgan fingerprint density at radius 2 is 1.50 bits per heavy atom. The van der Waals surface area contributed by atoms with Gasteiger partial charge in [0.2, 0.25) is 5.52 Å². The monoisotopic (exact) mass is 481 g/mol. The Morgan fingerprint density at radius 1 is 0.882 bits per heavy atom. The van der Waals surface area contributed by atoms with Crippen molar-refractivity contribution >= 4 is 37.8 Å². The average Bonchev–Trinajstić information content (AvgIpc) is 2.74. The molecule has 2 aromatic rings. The first-order valence-corrected chi connectivity index (χ1v) is 13.0. The van der Waals surface area contributed by atoms with Crippen LogP contribution in [0.3, 0.4) is 0 Å². The molecule has 0 N–H and O–H groups in total. The Bertz CT molecular complexity index is 916. The van der Waals surface area contributed by atoms with Crippen LogP contribution in [-0.2, 0) is 14.7 Å². The van der Waals surface area contributed by atoms with E-state index in [1.807, 2.05) is 52.8 Å². The minimum Gasteiger partial charge on any atom is -0.494 e. The molecule has 1 radical (unpaired) electrons. The van der Waals surface area contributed by atoms with Gasteiger partial charge in [-0.05, 0) is 68.9 Å². The van der Waals surface area contributed by atoms with Crippen LogP contribution in [0.1, 0.15) is 68.6 Å². The number of benzene rings is 2. The van der Waals surface area contributed by atoms with Crippen molar-refractivity contribution in [3.63, 3.8) is 0 Å². The summed E-state index contributed by atoms with van der Waals surface area (Å²) in [5, 5.41) is 0.760. The van der Waals surface area contributed by atoms with E-state index >= 15 is 0 Å². The zero-order valence-corrected chi connectivity index (χ0v) is 23.3. The van der Waals surface area contributed by atoms with Gasteiger partial charge < -0.3 is 18.7 Å². The van der Waals surface area contributed by atoms with Crippen LogP contribution in [-0.4, -0.2) is 57.4 Å². The summed E-state index contributed by atoms with van der Waals surface area (Å²) in [5.74, 6) is 1.34. The van der Waals surface area contributed by atoms with E-state index in [9.17, 15) is 4.79 Å². The van der Waals surface area contributed by atoms with Gasteiger partial charge in [-0.1, -0.05) is 32.9 Å². The molecule has 0 aliphatic carbocycles. The first-order chi connectivity index (χ1) is 15.6. The fourth-order valence-electron chi connectivity index (χ4n) is 3.59. The topological polar surface area (TPSA) is 54.0 Å². The van der Waals surface area contributed by atoms with Crippen LogP contribution < -0.4 is 14.8 Å². The van der Waals surface area contributed by atoms with Gasteiger partial charge in [0.05, 0.1) is 31.7 Å². The smallest absolute Gasteiger partial charge is 0.216 e. The number of ether oxygens (including phenoxy) is 3. The third-order valence-corrected chi connectivity index (χ3v) is 7.05. The fourth-order valence-corrected chi connectivity index (χ4v) is 5.42. The zero-order valence-electron chi connectivity index (χ0n) is 22.4. The molecule has 2 aromatic carbocycles. The Hall–Kier alpha value is -1.34. The zero-order chi connectivity index (χ0) is 24.6. The van der Waals surface area contributed by atoms with Gasteiger partial charge in [0.15, 0.2) is 0 Å². The second kappa shape index (κ2) is 14.3. The quantitative estimate of drug-likeness (QED) is 0.214. The van der Waals surface area contributed by atoms with Crippen LogP contribution in [0.15, 0.2) is 30.3 Å². The largest absolute Gasteiger partial charge is 0.494 e. The van der Waals surface area contributed by atoms with E-state index in [0.29, 0.717) is 44.5 Å². The summed E-state index contributed by atoms with van der Waals surface area (Å²) in [6.45, 7) is 18.8. The molecular formula is C27H39LiO5P. The normalized spacial score (nSPS) is 12.1. The van der Waals surface area contributed by atoms with E-state index in [1.54, 1.807) is 0 Å². The number of rotatable bonds is 12. The van der Waals surface area contributed by atoms with Gasteiger partial charge in [-0.15, -0.1) is 0 Å². The van der Waals surface area contributed by atoms with Crippen LogP contribution in [0.5, 0.6) is 11.5 Å². The predicted molar refractivity (Wildman–Crippen MR) is 142 cm³/mol. The van der Waals surface area contributed by atoms with Crippen LogP contribution in [0.2, 0.25) is 0 Å². The molecule has 0 aliphatic rings. The van der Waals surface area contributed by atoms with Gasteiger partial charge in [0, 0.05) is 37.1 Å². The molecule has 0 aliphatic heterocycles. The molecule has 0 aromatic heterocycles. The van der Waals surface area contributed by atoms with Gasteiger partial charge in [0.25, 0.3) is 0 Å². The number of hydrogen-bond acceptors (Lipinski definition) is 5. The van der Waals surface area contributed by atoms with E-state index < -0.39 is 8.15 Å². The summed E-state index contributed by atoms with van der Waals surface area (Å²) < 4.78 is 23.2. The molecule has 0 heterocycles. The van der Waals surface area contributed by atoms with Crippen LogP contribution in [0.4, 0.5) is 0 Å². The summed E-state index contributed by atoms with van der Waals surface area (Å²) in [4.78, 5) is 14.0. The van der Waals surface area contributed by atoms with Crippen molar-refractivity contribution < 1.29 is 23.5 Å². The number of carbonyl (C=O) groups excluding carboxylic acids is 1. The number of carbonyl (C=O) groups is 1. The van der Waals surface area contributed by atoms with Gasteiger partial charge in [-0.25, -0.2) is 0 Å². The molecule has 1 atom stereocenters. The van der Waals surface area contributed by atoms with Crippen molar-refractivity contribution in [1.82, 2.24) is 0 Å². The average molecular weight is 482 g/mol. The number of hydrogen-bond donors (Lipinski definition) is 0. The van der Waals surface area contributed by atoms with E-state index in [-0.39, 0.29) is 29.8 Å². The minimum atomic E-state index is -1.63. The summed E-state index contributed by atoms with van der Waals surface area (Å²) in [6, 6.07) is 9.86. The van der Waals surface area contributed by atoms with Crippen molar-refractivity contribution in [2.75, 3.05) is 33.0 Å². The third-order valence-electron chi connectivity index (χ3n) is 5.21. The maximum atomic E-state index is 14.0. The van der Waals surface area contributed by atoms with Crippen molar-refractivity contribution in [2.24, 2.45) is 0 Å². The maximum Gasteiger partial charge on any atom is 0.216 e. The maximum absolute atomic E-state index is 14.0. The standard InChI is InChI=1S/C27H39O5P.Li/c1-9-29-14-15-32-33(24-13-12-22(30-10-2)18-23(24)31-11-3)26(28)25-19(4)16-21(17-20(25)5)27(6,7)8;/h12-13,16-18H,9-11,14-15H2,1-8H3;. The van der Waals surface area contributed by atoms with Gasteiger partial charge in [0.1, 0.15) is 19.6 Å². The van der Waals surface area contributed by atoms with Gasteiger partial charge in [-0.2, -0.15) is 0 Å². The van der Waals surface area contributed by atoms with E-state index in [2.05, 4.69) is 32.9 Å². The van der Waals surface area contributed by atoms with Crippen molar-refractivity contribution in [1.29, 1.82) is 0 Å². The first-order valence-electron chi connectivity index (χ1n) is 11.7. The summed E-state index contributed by atoms with van der Waals surface area (Å²) in [7, 11) is -1.63.